The van der Waals surface area contributed by atoms with Gasteiger partial charge in [-0.25, -0.2) is 4.98 Å². The molecule has 2 N–H and O–H groups in total. The van der Waals surface area contributed by atoms with Crippen LogP contribution in [0.2, 0.25) is 0 Å². The first-order valence-corrected chi connectivity index (χ1v) is 6.92. The van der Waals surface area contributed by atoms with Gasteiger partial charge in [-0.1, -0.05) is 6.42 Å². The van der Waals surface area contributed by atoms with Crippen molar-refractivity contribution in [3.8, 4) is 0 Å². The van der Waals surface area contributed by atoms with Crippen molar-refractivity contribution >= 4 is 27.8 Å². The molecule has 1 aromatic rings. The maximum Gasteiger partial charge on any atom is 0.303 e. The van der Waals surface area contributed by atoms with Crippen molar-refractivity contribution in [2.24, 2.45) is 5.41 Å². The summed E-state index contributed by atoms with van der Waals surface area (Å²) in [6.07, 6.45) is 4.36. The zero-order valence-electron chi connectivity index (χ0n) is 10.4. The van der Waals surface area contributed by atoms with Gasteiger partial charge >= 0.3 is 5.97 Å². The third-order valence-corrected chi connectivity index (χ3v) is 4.02. The number of pyridine rings is 1. The lowest BCUT2D eigenvalue weighted by molar-refractivity contribution is -0.141. The van der Waals surface area contributed by atoms with Crippen LogP contribution in [0.15, 0.2) is 22.9 Å². The molecule has 1 heterocycles. The Morgan fingerprint density at radius 1 is 1.42 bits per heavy atom. The number of aliphatic carboxylic acids is 1. The van der Waals surface area contributed by atoms with Gasteiger partial charge in [0.05, 0.1) is 12.0 Å². The van der Waals surface area contributed by atoms with E-state index in [9.17, 15) is 9.59 Å². The van der Waals surface area contributed by atoms with E-state index in [2.05, 4.69) is 26.2 Å². The molecular weight excluding hydrogens is 312 g/mol. The largest absolute Gasteiger partial charge is 0.481 e. The van der Waals surface area contributed by atoms with Crippen LogP contribution in [0, 0.1) is 5.41 Å². The van der Waals surface area contributed by atoms with Crippen molar-refractivity contribution in [2.45, 2.75) is 25.7 Å². The third-order valence-electron chi connectivity index (χ3n) is 3.55. The smallest absolute Gasteiger partial charge is 0.303 e. The molecule has 6 heteroatoms. The number of halogens is 1. The Bertz CT molecular complexity index is 483. The van der Waals surface area contributed by atoms with Crippen molar-refractivity contribution in [2.75, 3.05) is 6.54 Å². The summed E-state index contributed by atoms with van der Waals surface area (Å²) < 4.78 is 0.672. The highest BCUT2D eigenvalue weighted by Crippen LogP contribution is 2.43. The fraction of sp³-hybridized carbons (Fsp3) is 0.462. The lowest BCUT2D eigenvalue weighted by Gasteiger charge is -2.40. The Morgan fingerprint density at radius 3 is 2.63 bits per heavy atom. The molecule has 102 valence electrons. The Morgan fingerprint density at radius 2 is 2.16 bits per heavy atom. The van der Waals surface area contributed by atoms with E-state index in [1.165, 1.54) is 6.20 Å². The second kappa shape index (κ2) is 5.69. The number of hydrogen-bond donors (Lipinski definition) is 2. The Balaban J connectivity index is 1.92. The Kier molecular flexibility index (Phi) is 4.19. The maximum atomic E-state index is 11.9. The van der Waals surface area contributed by atoms with E-state index in [0.717, 1.165) is 19.3 Å². The van der Waals surface area contributed by atoms with Crippen molar-refractivity contribution in [3.05, 3.63) is 28.5 Å². The molecule has 1 fully saturated rings. The normalized spacial score (nSPS) is 16.5. The fourth-order valence-electron chi connectivity index (χ4n) is 2.29. The fourth-order valence-corrected chi connectivity index (χ4v) is 2.53. The summed E-state index contributed by atoms with van der Waals surface area (Å²) in [5, 5.41) is 11.7. The first kappa shape index (κ1) is 14.0. The molecular formula is C13H15BrN2O3. The first-order valence-electron chi connectivity index (χ1n) is 6.12. The van der Waals surface area contributed by atoms with Gasteiger partial charge in [-0.15, -0.1) is 0 Å². The molecule has 1 aromatic heterocycles. The average molecular weight is 327 g/mol. The summed E-state index contributed by atoms with van der Waals surface area (Å²) >= 11 is 3.20. The molecule has 0 bridgehead atoms. The second-order valence-corrected chi connectivity index (χ2v) is 5.79. The molecule has 0 radical (unpaired) electrons. The quantitative estimate of drug-likeness (QED) is 0.813. The minimum absolute atomic E-state index is 0.117. The summed E-state index contributed by atoms with van der Waals surface area (Å²) in [5.41, 5.74) is 0.220. The highest BCUT2D eigenvalue weighted by molar-refractivity contribution is 9.10. The van der Waals surface area contributed by atoms with E-state index in [0.29, 0.717) is 16.7 Å². The number of nitrogens with zero attached hydrogens (tertiary/aromatic N) is 1. The molecule has 1 aliphatic carbocycles. The van der Waals surface area contributed by atoms with Crippen LogP contribution in [0.1, 0.15) is 36.0 Å². The topological polar surface area (TPSA) is 79.3 Å². The number of carbonyl (C=O) groups excluding carboxylic acids is 1. The molecule has 0 aliphatic heterocycles. The molecule has 0 spiro atoms. The van der Waals surface area contributed by atoms with Crippen LogP contribution in [0.25, 0.3) is 0 Å². The maximum absolute atomic E-state index is 11.9. The van der Waals surface area contributed by atoms with E-state index < -0.39 is 5.97 Å². The second-order valence-electron chi connectivity index (χ2n) is 4.98. The first-order chi connectivity index (χ1) is 9.01. The Hall–Kier alpha value is -1.43. The average Bonchev–Trinajstić information content (AvgIpc) is 2.32. The van der Waals surface area contributed by atoms with Gasteiger partial charge in [-0.2, -0.15) is 0 Å². The molecule has 2 rings (SSSR count). The Labute approximate surface area is 119 Å². The molecule has 1 amide bonds. The van der Waals surface area contributed by atoms with Gasteiger partial charge in [0.1, 0.15) is 4.60 Å². The molecule has 19 heavy (non-hydrogen) atoms. The minimum Gasteiger partial charge on any atom is -0.481 e. The standard InChI is InChI=1S/C13H15BrN2O3/c14-10-3-2-9(7-15-10)12(19)16-8-13(4-1-5-13)6-11(17)18/h2-3,7H,1,4-6,8H2,(H,16,19)(H,17,18). The van der Waals surface area contributed by atoms with E-state index in [1.54, 1.807) is 12.1 Å². The van der Waals surface area contributed by atoms with Gasteiger partial charge in [-0.05, 0) is 46.3 Å². The number of aromatic nitrogens is 1. The van der Waals surface area contributed by atoms with E-state index in [-0.39, 0.29) is 17.7 Å². The highest BCUT2D eigenvalue weighted by atomic mass is 79.9. The van der Waals surface area contributed by atoms with Crippen molar-refractivity contribution in [3.63, 3.8) is 0 Å². The van der Waals surface area contributed by atoms with Crippen LogP contribution in [0.5, 0.6) is 0 Å². The summed E-state index contributed by atoms with van der Waals surface area (Å²) in [7, 11) is 0. The molecule has 1 saturated carbocycles. The van der Waals surface area contributed by atoms with Gasteiger partial charge in [-0.3, -0.25) is 9.59 Å². The molecule has 0 unspecified atom stereocenters. The number of carbonyl (C=O) groups is 2. The van der Waals surface area contributed by atoms with Crippen LogP contribution in [0.3, 0.4) is 0 Å². The molecule has 0 atom stereocenters. The van der Waals surface area contributed by atoms with Gasteiger partial charge in [0.2, 0.25) is 0 Å². The van der Waals surface area contributed by atoms with Crippen LogP contribution < -0.4 is 5.32 Å². The summed E-state index contributed by atoms with van der Waals surface area (Å²) in [6.45, 7) is 0.411. The summed E-state index contributed by atoms with van der Waals surface area (Å²) in [6, 6.07) is 3.38. The van der Waals surface area contributed by atoms with Gasteiger partial charge in [0, 0.05) is 12.7 Å². The van der Waals surface area contributed by atoms with Crippen LogP contribution in [-0.4, -0.2) is 28.5 Å². The van der Waals surface area contributed by atoms with Crippen LogP contribution >= 0.6 is 15.9 Å². The van der Waals surface area contributed by atoms with Crippen molar-refractivity contribution in [1.29, 1.82) is 0 Å². The van der Waals surface area contributed by atoms with Crippen molar-refractivity contribution in [1.82, 2.24) is 10.3 Å². The predicted molar refractivity (Wildman–Crippen MR) is 72.8 cm³/mol. The zero-order valence-corrected chi connectivity index (χ0v) is 11.9. The molecule has 0 saturated heterocycles. The number of carboxylic acids is 1. The SMILES string of the molecule is O=C(O)CC1(CNC(=O)c2ccc(Br)nc2)CCC1. The van der Waals surface area contributed by atoms with Gasteiger partial charge in [0.25, 0.3) is 5.91 Å². The molecule has 5 nitrogen and oxygen atoms in total. The molecule has 0 aromatic carbocycles. The number of nitrogens with one attached hydrogen (secondary N) is 1. The summed E-state index contributed by atoms with van der Waals surface area (Å²) in [4.78, 5) is 26.7. The zero-order chi connectivity index (χ0) is 13.9. The number of carboxylic acid groups (broad SMARTS) is 1. The lowest BCUT2D eigenvalue weighted by atomic mass is 9.66. The van der Waals surface area contributed by atoms with Crippen molar-refractivity contribution < 1.29 is 14.7 Å². The minimum atomic E-state index is -0.806. The monoisotopic (exact) mass is 326 g/mol. The van der Waals surface area contributed by atoms with Crippen LogP contribution in [0.4, 0.5) is 0 Å². The number of hydrogen-bond acceptors (Lipinski definition) is 3. The number of amides is 1. The molecule has 1 aliphatic rings. The van der Waals surface area contributed by atoms with E-state index >= 15 is 0 Å². The van der Waals surface area contributed by atoms with Gasteiger partial charge in [0.15, 0.2) is 0 Å². The number of rotatable bonds is 5. The van der Waals surface area contributed by atoms with Gasteiger partial charge < -0.3 is 10.4 Å². The van der Waals surface area contributed by atoms with E-state index in [1.807, 2.05) is 0 Å². The van der Waals surface area contributed by atoms with E-state index in [4.69, 9.17) is 5.11 Å². The lowest BCUT2D eigenvalue weighted by Crippen LogP contribution is -2.43. The predicted octanol–water partition coefficient (Wildman–Crippen LogP) is 2.22. The third kappa shape index (κ3) is 3.53. The summed E-state index contributed by atoms with van der Waals surface area (Å²) in [5.74, 6) is -1.02. The van der Waals surface area contributed by atoms with Crippen LogP contribution in [-0.2, 0) is 4.79 Å². The highest BCUT2D eigenvalue weighted by Gasteiger charge is 2.39.